The van der Waals surface area contributed by atoms with Crippen molar-refractivity contribution in [3.63, 3.8) is 0 Å². The minimum atomic E-state index is -2.33. The van der Waals surface area contributed by atoms with Gasteiger partial charge >= 0.3 is 5.97 Å². The van der Waals surface area contributed by atoms with Crippen LogP contribution in [0.1, 0.15) is 110 Å². The van der Waals surface area contributed by atoms with Crippen molar-refractivity contribution in [1.29, 1.82) is 0 Å². The highest BCUT2D eigenvalue weighted by atomic mass is 19.1. The van der Waals surface area contributed by atoms with Crippen LogP contribution in [-0.4, -0.2) is 167 Å². The summed E-state index contributed by atoms with van der Waals surface area (Å²) in [7, 11) is 6.85. The third-order valence-corrected chi connectivity index (χ3v) is 15.4. The van der Waals surface area contributed by atoms with Crippen LogP contribution in [-0.2, 0) is 46.4 Å². The Balaban J connectivity index is 1.19. The Morgan fingerprint density at radius 2 is 1.79 bits per heavy atom. The monoisotopic (exact) mass is 1010 g/mol. The highest BCUT2D eigenvalue weighted by Gasteiger charge is 2.47. The minimum absolute atomic E-state index is 0.00941. The number of methoxy groups -OCH3 is 1. The molecule has 0 spiro atoms. The molecule has 4 amide bonds. The van der Waals surface area contributed by atoms with Crippen LogP contribution in [0.4, 0.5) is 4.39 Å². The first kappa shape index (κ1) is 55.1. The van der Waals surface area contributed by atoms with Gasteiger partial charge in [-0.15, -0.1) is 0 Å². The second-order valence-electron chi connectivity index (χ2n) is 22.3. The lowest BCUT2D eigenvalue weighted by Gasteiger charge is -2.40. The number of pyridine rings is 1. The summed E-state index contributed by atoms with van der Waals surface area (Å²) in [5.74, 6) is 2.40. The molecule has 0 saturated carbocycles. The van der Waals surface area contributed by atoms with Crippen LogP contribution in [0.15, 0.2) is 42.6 Å². The number of carbonyl (C=O) groups is 5. The number of amides is 4. The van der Waals surface area contributed by atoms with E-state index in [0.717, 1.165) is 49.5 Å². The predicted molar refractivity (Wildman–Crippen MR) is 280 cm³/mol. The number of hydrogen-bond donors (Lipinski definition) is 2. The summed E-state index contributed by atoms with van der Waals surface area (Å²) in [5.41, 5.74) is 6.92. The number of cyclic esters (lactones) is 1. The fourth-order valence-electron chi connectivity index (χ4n) is 10.6. The molecule has 4 aliphatic heterocycles. The number of fused-ring (bicyclic) bond motifs is 6. The number of piperidine rings is 1. The van der Waals surface area contributed by atoms with E-state index in [-0.39, 0.29) is 45.2 Å². The number of nitrogens with one attached hydrogen (secondary N) is 2. The predicted octanol–water partition coefficient (Wildman–Crippen LogP) is 5.78. The van der Waals surface area contributed by atoms with Crippen LogP contribution in [0.2, 0.25) is 0 Å². The second kappa shape index (κ2) is 22.4. The molecule has 2 saturated heterocycles. The standard InChI is InChI=1S/C56H78FN9O7/c1-13-65-45-21-20-38-31-41(45)42(49(65)40-18-14-26-58-47(40)37(4)72-12)32-54(5,6)35-73-52(70)43-19-16-28-66(60-43)51(69)44(34-63-27-15-17-39(38)33-63)59-50(68)48(36(2)3)62(11)53(71)56(57)24-29-64(30-25-56)46(67)22-23-55(7,8)61(9)10/h14,17-18,20-21,26,31,36-37,43-44,48,60H,13,15-16,19,24-25,27-30,32-35H2,1-12H3,(H,59,68)/t37-,43-,44?,48-/m0/s1. The van der Waals surface area contributed by atoms with Crippen molar-refractivity contribution in [2.45, 2.75) is 136 Å². The topological polar surface area (TPSA) is 162 Å². The number of likely N-dealkylation sites (N-methyl/N-ethyl adjacent to an activating group) is 1. The Labute approximate surface area is 431 Å². The van der Waals surface area contributed by atoms with Gasteiger partial charge in [0, 0.05) is 101 Å². The van der Waals surface area contributed by atoms with Crippen LogP contribution < -0.4 is 10.7 Å². The largest absolute Gasteiger partial charge is 0.464 e. The van der Waals surface area contributed by atoms with Gasteiger partial charge in [0.1, 0.15) is 18.1 Å². The molecule has 6 bridgehead atoms. The maximum atomic E-state index is 16.8. The van der Waals surface area contributed by atoms with E-state index in [9.17, 15) is 24.0 Å². The molecule has 0 radical (unpaired) electrons. The van der Waals surface area contributed by atoms with Gasteiger partial charge in [-0.2, -0.15) is 0 Å². The summed E-state index contributed by atoms with van der Waals surface area (Å²) < 4.78 is 31.1. The number of esters is 1. The number of aromatic nitrogens is 2. The minimum Gasteiger partial charge on any atom is -0.464 e. The third kappa shape index (κ3) is 12.0. The molecule has 4 aliphatic rings. The van der Waals surface area contributed by atoms with Crippen LogP contribution in [0.3, 0.4) is 0 Å². The molecule has 2 fully saturated rings. The number of benzene rings is 1. The molecule has 3 aromatic rings. The van der Waals surface area contributed by atoms with Crippen LogP contribution in [0.25, 0.3) is 27.7 Å². The molecular weight excluding hydrogens is 930 g/mol. The van der Waals surface area contributed by atoms with Gasteiger partial charge in [0.2, 0.25) is 5.91 Å². The SMILES string of the molecule is CCn1c(-c2cccnc2[C@H](C)OC)c2c3cc(ccc31)C1=CCCN(C1)CC(NC(=O)[C@H](C(C)C)N(C)C(=O)C1(F)CCN(C(=O)C#CC(C)(C)N(C)C)CC1)C(=O)N1CCC[C@H](N1)C(=O)OCC(C)(C)C2. The summed E-state index contributed by atoms with van der Waals surface area (Å²) in [4.78, 5) is 82.2. The Kier molecular flexibility index (Phi) is 16.9. The normalized spacial score (nSPS) is 22.4. The molecule has 1 aromatic carbocycles. The molecule has 5 atom stereocenters. The van der Waals surface area contributed by atoms with Crippen molar-refractivity contribution >= 4 is 46.1 Å². The van der Waals surface area contributed by atoms with E-state index in [4.69, 9.17) is 14.5 Å². The van der Waals surface area contributed by atoms with E-state index >= 15 is 4.39 Å². The number of halogens is 1. The van der Waals surface area contributed by atoms with Crippen LogP contribution in [0.5, 0.6) is 0 Å². The van der Waals surface area contributed by atoms with Crippen molar-refractivity contribution in [2.24, 2.45) is 11.3 Å². The average Bonchev–Trinajstić information content (AvgIpc) is 3.67. The van der Waals surface area contributed by atoms with E-state index in [1.807, 2.05) is 45.8 Å². The Morgan fingerprint density at radius 3 is 2.47 bits per heavy atom. The molecule has 73 heavy (non-hydrogen) atoms. The van der Waals surface area contributed by atoms with Crippen molar-refractivity contribution in [1.82, 2.24) is 44.9 Å². The highest BCUT2D eigenvalue weighted by Crippen LogP contribution is 2.42. The lowest BCUT2D eigenvalue weighted by atomic mass is 9.84. The molecule has 7 rings (SSSR count). The summed E-state index contributed by atoms with van der Waals surface area (Å²) in [6.45, 7) is 18.0. The number of nitrogens with zero attached hydrogens (tertiary/aromatic N) is 7. The van der Waals surface area contributed by atoms with E-state index < -0.39 is 70.3 Å². The van der Waals surface area contributed by atoms with Gasteiger partial charge in [-0.1, -0.05) is 45.8 Å². The maximum Gasteiger partial charge on any atom is 0.324 e. The summed E-state index contributed by atoms with van der Waals surface area (Å²) >= 11 is 0. The zero-order chi connectivity index (χ0) is 53.2. The number of hydrazine groups is 1. The summed E-state index contributed by atoms with van der Waals surface area (Å²) in [6, 6.07) is 7.56. The van der Waals surface area contributed by atoms with Gasteiger partial charge in [-0.05, 0) is 120 Å². The third-order valence-electron chi connectivity index (χ3n) is 15.4. The molecule has 2 unspecified atom stereocenters. The summed E-state index contributed by atoms with van der Waals surface area (Å²) in [6.07, 6.45) is 5.51. The number of hydrogen-bond acceptors (Lipinski definition) is 11. The number of rotatable bonds is 10. The number of likely N-dealkylation sites (tertiary alicyclic amines) is 1. The van der Waals surface area contributed by atoms with Gasteiger partial charge < -0.3 is 29.2 Å². The molecular formula is C56H78FN9O7. The van der Waals surface area contributed by atoms with Gasteiger partial charge in [0.15, 0.2) is 5.67 Å². The Hall–Kier alpha value is -5.67. The highest BCUT2D eigenvalue weighted by molar-refractivity contribution is 5.97. The molecule has 17 heteroatoms. The lowest BCUT2D eigenvalue weighted by Crippen LogP contribution is -2.64. The smallest absolute Gasteiger partial charge is 0.324 e. The van der Waals surface area contributed by atoms with Crippen molar-refractivity contribution < 1.29 is 37.8 Å². The van der Waals surface area contributed by atoms with Crippen molar-refractivity contribution in [3.8, 4) is 23.1 Å². The average molecular weight is 1010 g/mol. The van der Waals surface area contributed by atoms with Gasteiger partial charge in [-0.25, -0.2) is 9.82 Å². The lowest BCUT2D eigenvalue weighted by molar-refractivity contribution is -0.156. The van der Waals surface area contributed by atoms with Gasteiger partial charge in [-0.3, -0.25) is 43.8 Å². The van der Waals surface area contributed by atoms with Crippen LogP contribution in [0, 0.1) is 23.2 Å². The summed E-state index contributed by atoms with van der Waals surface area (Å²) in [5, 5.41) is 5.52. The molecule has 16 nitrogen and oxygen atoms in total. The maximum absolute atomic E-state index is 16.8. The van der Waals surface area contributed by atoms with Gasteiger partial charge in [0.25, 0.3) is 17.7 Å². The van der Waals surface area contributed by atoms with E-state index in [1.165, 1.54) is 17.0 Å². The number of ether oxygens (including phenoxy) is 2. The first-order valence-corrected chi connectivity index (χ1v) is 26.0. The molecule has 6 heterocycles. The van der Waals surface area contributed by atoms with Crippen LogP contribution >= 0.6 is 0 Å². The Morgan fingerprint density at radius 1 is 1.07 bits per heavy atom. The Bertz CT molecular complexity index is 2660. The second-order valence-corrected chi connectivity index (χ2v) is 22.3. The first-order valence-electron chi connectivity index (χ1n) is 26.0. The quantitative estimate of drug-likeness (QED) is 0.187. The molecule has 0 aliphatic carbocycles. The molecule has 2 aromatic heterocycles. The van der Waals surface area contributed by atoms with Crippen molar-refractivity contribution in [3.05, 3.63) is 59.4 Å². The van der Waals surface area contributed by atoms with Gasteiger partial charge in [0.05, 0.1) is 29.6 Å². The number of carbonyl (C=O) groups excluding carboxylic acids is 5. The molecule has 2 N–H and O–H groups in total. The fourth-order valence-corrected chi connectivity index (χ4v) is 10.6. The number of alkyl halides is 1. The van der Waals surface area contributed by atoms with E-state index in [0.29, 0.717) is 51.9 Å². The van der Waals surface area contributed by atoms with E-state index in [2.05, 4.69) is 83.2 Å². The number of aryl methyl sites for hydroxylation is 1. The van der Waals surface area contributed by atoms with E-state index in [1.54, 1.807) is 27.2 Å². The van der Waals surface area contributed by atoms with Crippen molar-refractivity contribution in [2.75, 3.05) is 74.1 Å². The fraction of sp³-hybridized carbons (Fsp3) is 0.607. The first-order chi connectivity index (χ1) is 34.5. The zero-order valence-corrected chi connectivity index (χ0v) is 45.2. The zero-order valence-electron chi connectivity index (χ0n) is 45.2. The molecule has 396 valence electrons.